The zero-order valence-electron chi connectivity index (χ0n) is 15.2. The van der Waals surface area contributed by atoms with E-state index in [1.165, 1.54) is 32.8 Å². The summed E-state index contributed by atoms with van der Waals surface area (Å²) in [6.45, 7) is 3.42. The number of carbonyl (C=O) groups is 1. The maximum atomic E-state index is 12.2. The molecule has 3 fully saturated rings. The summed E-state index contributed by atoms with van der Waals surface area (Å²) in [5, 5.41) is 10.0. The monoisotopic (exact) mass is 361 g/mol. The van der Waals surface area contributed by atoms with Crippen molar-refractivity contribution in [3.63, 3.8) is 0 Å². The summed E-state index contributed by atoms with van der Waals surface area (Å²) in [5.74, 6) is -0.222. The van der Waals surface area contributed by atoms with Crippen molar-refractivity contribution in [2.75, 3.05) is 33.3 Å². The molecule has 2 N–H and O–H groups in total. The number of methoxy groups -OCH3 is 1. The first-order valence-electron chi connectivity index (χ1n) is 9.47. The van der Waals surface area contributed by atoms with Crippen LogP contribution in [0.3, 0.4) is 0 Å². The van der Waals surface area contributed by atoms with Gasteiger partial charge in [0.25, 0.3) is 0 Å². The Balaban J connectivity index is 1.47. The number of ether oxygens (including phenoxy) is 1. The van der Waals surface area contributed by atoms with Crippen LogP contribution in [0.2, 0.25) is 0 Å². The number of pyridine rings is 1. The predicted octanol–water partition coefficient (Wildman–Crippen LogP) is 1.14. The first-order valence-corrected chi connectivity index (χ1v) is 9.47. The minimum atomic E-state index is -0.672. The fraction of sp³-hybridized carbons (Fsp3) is 0.684. The highest BCUT2D eigenvalue weighted by Crippen LogP contribution is 2.45. The molecule has 2 atom stereocenters. The highest BCUT2D eigenvalue weighted by atomic mass is 16.5. The lowest BCUT2D eigenvalue weighted by Gasteiger charge is -2.28. The molecule has 2 aliphatic heterocycles. The number of aromatic amines is 1. The molecule has 1 aliphatic carbocycles. The number of likely N-dealkylation sites (tertiary alicyclic amines) is 2. The van der Waals surface area contributed by atoms with Crippen LogP contribution in [0.5, 0.6) is 5.75 Å². The van der Waals surface area contributed by atoms with Gasteiger partial charge in [-0.25, -0.2) is 0 Å². The van der Waals surface area contributed by atoms with Gasteiger partial charge < -0.3 is 14.8 Å². The normalized spacial score (nSPS) is 30.0. The molecule has 142 valence electrons. The first-order chi connectivity index (χ1) is 12.5. The molecule has 0 aromatic carbocycles. The van der Waals surface area contributed by atoms with Crippen LogP contribution in [-0.2, 0) is 11.3 Å². The standard InChI is InChI=1S/C19H27N3O4/c1-26-17-7-20-14(6-16(17)23)10-21-8-13-9-22(15-4-2-3-5-15)12-19(13,11-21)18(24)25/h6-7,13,15H,2-5,8-12H2,1H3,(H,20,23)(H,24,25)/t13-,19-/m1/s1. The van der Waals surface area contributed by atoms with Crippen LogP contribution >= 0.6 is 0 Å². The van der Waals surface area contributed by atoms with Crippen LogP contribution in [0.15, 0.2) is 17.1 Å². The molecule has 0 amide bonds. The van der Waals surface area contributed by atoms with Gasteiger partial charge in [0.1, 0.15) is 0 Å². The van der Waals surface area contributed by atoms with E-state index < -0.39 is 11.4 Å². The fourth-order valence-corrected chi connectivity index (χ4v) is 5.17. The summed E-state index contributed by atoms with van der Waals surface area (Å²) in [6.07, 6.45) is 6.52. The molecule has 3 heterocycles. The molecule has 4 rings (SSSR count). The molecule has 1 aromatic rings. The summed E-state index contributed by atoms with van der Waals surface area (Å²) in [5.41, 5.74) is -0.0278. The van der Waals surface area contributed by atoms with E-state index in [2.05, 4.69) is 14.8 Å². The molecule has 1 saturated carbocycles. The molecule has 0 unspecified atom stereocenters. The quantitative estimate of drug-likeness (QED) is 0.818. The van der Waals surface area contributed by atoms with Gasteiger partial charge in [0.05, 0.1) is 12.5 Å². The molecular weight excluding hydrogens is 334 g/mol. The van der Waals surface area contributed by atoms with Gasteiger partial charge in [-0.15, -0.1) is 0 Å². The molecule has 3 aliphatic rings. The van der Waals surface area contributed by atoms with Gasteiger partial charge in [-0.2, -0.15) is 0 Å². The third-order valence-electron chi connectivity index (χ3n) is 6.52. The first kappa shape index (κ1) is 17.5. The van der Waals surface area contributed by atoms with Crippen molar-refractivity contribution in [3.8, 4) is 5.75 Å². The van der Waals surface area contributed by atoms with Crippen LogP contribution in [0.25, 0.3) is 0 Å². The van der Waals surface area contributed by atoms with Crippen molar-refractivity contribution < 1.29 is 14.6 Å². The van der Waals surface area contributed by atoms with Crippen LogP contribution in [0.4, 0.5) is 0 Å². The number of carboxylic acids is 1. The van der Waals surface area contributed by atoms with Crippen molar-refractivity contribution in [3.05, 3.63) is 28.2 Å². The molecule has 0 radical (unpaired) electrons. The van der Waals surface area contributed by atoms with E-state index in [0.717, 1.165) is 18.8 Å². The van der Waals surface area contributed by atoms with Gasteiger partial charge in [0.15, 0.2) is 5.75 Å². The number of nitrogens with one attached hydrogen (secondary N) is 1. The van der Waals surface area contributed by atoms with Crippen LogP contribution in [0.1, 0.15) is 31.4 Å². The Kier molecular flexibility index (Phi) is 4.52. The summed E-state index contributed by atoms with van der Waals surface area (Å²) >= 11 is 0. The number of aliphatic carboxylic acids is 1. The minimum Gasteiger partial charge on any atom is -0.491 e. The second-order valence-electron chi connectivity index (χ2n) is 8.09. The van der Waals surface area contributed by atoms with E-state index in [4.69, 9.17) is 4.74 Å². The average molecular weight is 361 g/mol. The molecule has 1 aromatic heterocycles. The summed E-state index contributed by atoms with van der Waals surface area (Å²) in [4.78, 5) is 31.8. The Morgan fingerprint density at radius 2 is 2.12 bits per heavy atom. The van der Waals surface area contributed by atoms with Gasteiger partial charge >= 0.3 is 5.97 Å². The highest BCUT2D eigenvalue weighted by Gasteiger charge is 2.58. The largest absolute Gasteiger partial charge is 0.491 e. The van der Waals surface area contributed by atoms with Crippen molar-refractivity contribution >= 4 is 5.97 Å². The lowest BCUT2D eigenvalue weighted by molar-refractivity contribution is -0.149. The van der Waals surface area contributed by atoms with Crippen molar-refractivity contribution in [2.24, 2.45) is 11.3 Å². The predicted molar refractivity (Wildman–Crippen MR) is 96.3 cm³/mol. The topological polar surface area (TPSA) is 85.9 Å². The SMILES string of the molecule is COc1c[nH]c(CN2C[C@@H]3CN(C4CCCC4)C[C@]3(C(=O)O)C2)cc1=O. The third kappa shape index (κ3) is 2.93. The maximum Gasteiger partial charge on any atom is 0.312 e. The minimum absolute atomic E-state index is 0.152. The van der Waals surface area contributed by atoms with Crippen LogP contribution < -0.4 is 10.2 Å². The Hall–Kier alpha value is -1.86. The Labute approximate surface area is 152 Å². The molecular formula is C19H27N3O4. The number of rotatable bonds is 5. The van der Waals surface area contributed by atoms with Gasteiger partial charge in [-0.1, -0.05) is 12.8 Å². The zero-order chi connectivity index (χ0) is 18.3. The summed E-state index contributed by atoms with van der Waals surface area (Å²) in [6, 6.07) is 2.12. The number of hydrogen-bond acceptors (Lipinski definition) is 5. The van der Waals surface area contributed by atoms with Crippen molar-refractivity contribution in [1.82, 2.24) is 14.8 Å². The summed E-state index contributed by atoms with van der Waals surface area (Å²) in [7, 11) is 1.47. The van der Waals surface area contributed by atoms with Gasteiger partial charge in [-0.05, 0) is 12.8 Å². The Morgan fingerprint density at radius 1 is 1.35 bits per heavy atom. The van der Waals surface area contributed by atoms with E-state index in [1.807, 2.05) is 0 Å². The van der Waals surface area contributed by atoms with E-state index in [-0.39, 0.29) is 11.3 Å². The molecule has 2 saturated heterocycles. The van der Waals surface area contributed by atoms with Crippen molar-refractivity contribution in [2.45, 2.75) is 38.3 Å². The Bertz CT molecular complexity index is 743. The Morgan fingerprint density at radius 3 is 2.73 bits per heavy atom. The molecule has 7 nitrogen and oxygen atoms in total. The number of nitrogens with zero attached hydrogens (tertiary/aromatic N) is 2. The van der Waals surface area contributed by atoms with E-state index in [0.29, 0.717) is 31.4 Å². The van der Waals surface area contributed by atoms with E-state index in [9.17, 15) is 14.7 Å². The lowest BCUT2D eigenvalue weighted by Crippen LogP contribution is -2.42. The molecule has 7 heteroatoms. The van der Waals surface area contributed by atoms with Crippen LogP contribution in [-0.4, -0.2) is 65.2 Å². The van der Waals surface area contributed by atoms with E-state index in [1.54, 1.807) is 12.3 Å². The smallest absolute Gasteiger partial charge is 0.312 e. The second kappa shape index (κ2) is 6.70. The summed E-state index contributed by atoms with van der Waals surface area (Å²) < 4.78 is 5.00. The molecule has 26 heavy (non-hydrogen) atoms. The van der Waals surface area contributed by atoms with E-state index >= 15 is 0 Å². The fourth-order valence-electron chi connectivity index (χ4n) is 5.17. The zero-order valence-corrected chi connectivity index (χ0v) is 15.2. The van der Waals surface area contributed by atoms with Crippen molar-refractivity contribution in [1.29, 1.82) is 0 Å². The van der Waals surface area contributed by atoms with Gasteiger partial charge in [0.2, 0.25) is 5.43 Å². The average Bonchev–Trinajstić information content (AvgIpc) is 3.29. The van der Waals surface area contributed by atoms with Gasteiger partial charge in [0, 0.05) is 62.6 Å². The number of H-pyrrole nitrogens is 1. The highest BCUT2D eigenvalue weighted by molar-refractivity contribution is 5.77. The maximum absolute atomic E-state index is 12.2. The molecule has 0 spiro atoms. The van der Waals surface area contributed by atoms with Crippen LogP contribution in [0, 0.1) is 11.3 Å². The third-order valence-corrected chi connectivity index (χ3v) is 6.52. The van der Waals surface area contributed by atoms with Gasteiger partial charge in [-0.3, -0.25) is 19.4 Å². The number of hydrogen-bond donors (Lipinski definition) is 2. The molecule has 0 bridgehead atoms. The number of aromatic nitrogens is 1. The lowest BCUT2D eigenvalue weighted by atomic mass is 9.81. The number of carboxylic acid groups (broad SMARTS) is 1. The number of fused-ring (bicyclic) bond motifs is 1. The second-order valence-corrected chi connectivity index (χ2v) is 8.09.